The molecule has 6 nitrogen and oxygen atoms in total. The van der Waals surface area contributed by atoms with Crippen molar-refractivity contribution < 1.29 is 4.79 Å². The van der Waals surface area contributed by atoms with Gasteiger partial charge in [0.2, 0.25) is 5.91 Å². The van der Waals surface area contributed by atoms with Crippen LogP contribution in [0, 0.1) is 12.8 Å². The number of rotatable bonds is 3. The second-order valence-electron chi connectivity index (χ2n) is 7.99. The molecule has 1 amide bonds. The monoisotopic (exact) mass is 406 g/mol. The maximum Gasteiger partial charge on any atom is 0.251 e. The second kappa shape index (κ2) is 7.22. The number of carbonyl (C=O) groups is 1. The van der Waals surface area contributed by atoms with Gasteiger partial charge in [-0.15, -0.1) is 11.3 Å². The van der Waals surface area contributed by atoms with E-state index in [4.69, 9.17) is 0 Å². The zero-order valence-electron chi connectivity index (χ0n) is 16.2. The van der Waals surface area contributed by atoms with Gasteiger partial charge in [-0.1, -0.05) is 6.07 Å². The normalized spacial score (nSPS) is 20.4. The van der Waals surface area contributed by atoms with Crippen molar-refractivity contribution in [1.82, 2.24) is 19.4 Å². The zero-order valence-corrected chi connectivity index (χ0v) is 17.1. The maximum atomic E-state index is 12.9. The Balaban J connectivity index is 1.42. The van der Waals surface area contributed by atoms with Crippen LogP contribution in [0.4, 0.5) is 0 Å². The summed E-state index contributed by atoms with van der Waals surface area (Å²) in [6.45, 7) is 4.01. The molecule has 0 N–H and O–H groups in total. The lowest BCUT2D eigenvalue weighted by Gasteiger charge is -2.43. The first-order valence-electron chi connectivity index (χ1n) is 9.91. The van der Waals surface area contributed by atoms with Gasteiger partial charge in [-0.3, -0.25) is 14.6 Å². The Labute approximate surface area is 172 Å². The van der Waals surface area contributed by atoms with E-state index >= 15 is 0 Å². The molecular weight excluding hydrogens is 384 g/mol. The molecule has 29 heavy (non-hydrogen) atoms. The van der Waals surface area contributed by atoms with Crippen LogP contribution >= 0.6 is 11.3 Å². The Morgan fingerprint density at radius 3 is 2.90 bits per heavy atom. The Bertz CT molecular complexity index is 1120. The fourth-order valence-corrected chi connectivity index (χ4v) is 5.23. The predicted octanol–water partition coefficient (Wildman–Crippen LogP) is 2.86. The van der Waals surface area contributed by atoms with Gasteiger partial charge in [0.15, 0.2) is 0 Å². The van der Waals surface area contributed by atoms with Crippen LogP contribution in [0.3, 0.4) is 0 Å². The summed E-state index contributed by atoms with van der Waals surface area (Å²) >= 11 is 1.58. The molecule has 3 aromatic heterocycles. The summed E-state index contributed by atoms with van der Waals surface area (Å²) in [5, 5.41) is 2.95. The first-order chi connectivity index (χ1) is 14.1. The molecule has 2 bridgehead atoms. The van der Waals surface area contributed by atoms with Gasteiger partial charge in [0.1, 0.15) is 0 Å². The van der Waals surface area contributed by atoms with E-state index in [9.17, 15) is 9.59 Å². The lowest BCUT2D eigenvalue weighted by Crippen LogP contribution is -2.49. The molecule has 0 unspecified atom stereocenters. The van der Waals surface area contributed by atoms with Crippen LogP contribution < -0.4 is 5.56 Å². The van der Waals surface area contributed by atoms with E-state index in [2.05, 4.69) is 16.0 Å². The number of nitrogens with zero attached hydrogens (tertiary/aromatic N) is 4. The van der Waals surface area contributed by atoms with Gasteiger partial charge in [0, 0.05) is 60.6 Å². The number of likely N-dealkylation sites (tertiary alicyclic amines) is 1. The van der Waals surface area contributed by atoms with Crippen LogP contribution in [-0.2, 0) is 17.8 Å². The molecule has 2 aliphatic rings. The van der Waals surface area contributed by atoms with E-state index in [1.165, 1.54) is 0 Å². The minimum absolute atomic E-state index is 0.0359. The molecule has 2 aliphatic heterocycles. The molecule has 5 rings (SSSR count). The molecule has 0 saturated carbocycles. The fourth-order valence-electron chi connectivity index (χ4n) is 4.62. The van der Waals surface area contributed by atoms with Crippen molar-refractivity contribution in [3.8, 4) is 11.1 Å². The Hall–Kier alpha value is -2.80. The summed E-state index contributed by atoms with van der Waals surface area (Å²) in [5.74, 6) is 0.640. The number of amides is 1. The molecule has 0 aliphatic carbocycles. The highest BCUT2D eigenvalue weighted by Crippen LogP contribution is 2.36. The highest BCUT2D eigenvalue weighted by Gasteiger charge is 2.36. The molecule has 2 atom stereocenters. The molecule has 0 spiro atoms. The number of pyridine rings is 2. The summed E-state index contributed by atoms with van der Waals surface area (Å²) < 4.78 is 1.91. The number of aryl methyl sites for hydroxylation is 1. The lowest BCUT2D eigenvalue weighted by molar-refractivity contribution is -0.133. The predicted molar refractivity (Wildman–Crippen MR) is 112 cm³/mol. The van der Waals surface area contributed by atoms with E-state index in [0.29, 0.717) is 32.0 Å². The first-order valence-corrected chi connectivity index (χ1v) is 10.8. The van der Waals surface area contributed by atoms with Crippen LogP contribution in [-0.4, -0.2) is 38.4 Å². The van der Waals surface area contributed by atoms with Crippen molar-refractivity contribution in [2.75, 3.05) is 13.1 Å². The SMILES string of the molecule is Cc1nc(CC(=O)N2C[C@@H]3C[C@H](C2)c2cc(-c4cccnc4)cc(=O)n2C3)cs1. The summed E-state index contributed by atoms with van der Waals surface area (Å²) in [7, 11) is 0. The Morgan fingerprint density at radius 2 is 2.14 bits per heavy atom. The Kier molecular flexibility index (Phi) is 4.54. The number of fused-ring (bicyclic) bond motifs is 4. The quantitative estimate of drug-likeness (QED) is 0.671. The average Bonchev–Trinajstić information content (AvgIpc) is 3.13. The third kappa shape index (κ3) is 3.51. The average molecular weight is 407 g/mol. The van der Waals surface area contributed by atoms with E-state index in [1.54, 1.807) is 29.8 Å². The van der Waals surface area contributed by atoms with Crippen molar-refractivity contribution in [3.63, 3.8) is 0 Å². The summed E-state index contributed by atoms with van der Waals surface area (Å²) in [6, 6.07) is 7.66. The standard InChI is InChI=1S/C22H22N4O2S/c1-14-24-19(13-29-14)8-21(27)25-10-15-5-18(12-25)20-6-17(7-22(28)26(20)11-15)16-3-2-4-23-9-16/h2-4,6-7,9,13,15,18H,5,8,10-12H2,1H3/t15-,18+/m0/s1. The summed E-state index contributed by atoms with van der Waals surface area (Å²) in [4.78, 5) is 36.3. The summed E-state index contributed by atoms with van der Waals surface area (Å²) in [5.41, 5.74) is 3.76. The number of carbonyl (C=O) groups excluding carboxylic acids is 1. The lowest BCUT2D eigenvalue weighted by atomic mass is 9.82. The van der Waals surface area contributed by atoms with Gasteiger partial charge in [-0.2, -0.15) is 0 Å². The number of hydrogen-bond acceptors (Lipinski definition) is 5. The second-order valence-corrected chi connectivity index (χ2v) is 9.05. The zero-order chi connectivity index (χ0) is 20.0. The van der Waals surface area contributed by atoms with Gasteiger partial charge < -0.3 is 9.47 Å². The molecule has 148 valence electrons. The van der Waals surface area contributed by atoms with Crippen molar-refractivity contribution in [1.29, 1.82) is 0 Å². The number of piperidine rings is 1. The molecule has 3 aromatic rings. The minimum Gasteiger partial charge on any atom is -0.341 e. The number of aromatic nitrogens is 3. The van der Waals surface area contributed by atoms with Crippen molar-refractivity contribution in [2.45, 2.75) is 32.2 Å². The van der Waals surface area contributed by atoms with Crippen LogP contribution in [0.5, 0.6) is 0 Å². The van der Waals surface area contributed by atoms with E-state index in [0.717, 1.165) is 33.9 Å². The first kappa shape index (κ1) is 18.2. The van der Waals surface area contributed by atoms with E-state index < -0.39 is 0 Å². The minimum atomic E-state index is 0.0359. The number of thiazole rings is 1. The van der Waals surface area contributed by atoms with Crippen LogP contribution in [0.25, 0.3) is 11.1 Å². The van der Waals surface area contributed by atoms with Gasteiger partial charge in [-0.25, -0.2) is 4.98 Å². The highest BCUT2D eigenvalue weighted by atomic mass is 32.1. The largest absolute Gasteiger partial charge is 0.341 e. The molecule has 1 saturated heterocycles. The fraction of sp³-hybridized carbons (Fsp3) is 0.364. The number of hydrogen-bond donors (Lipinski definition) is 0. The third-order valence-corrected chi connectivity index (χ3v) is 6.73. The van der Waals surface area contributed by atoms with Crippen LogP contribution in [0.15, 0.2) is 46.8 Å². The van der Waals surface area contributed by atoms with Gasteiger partial charge in [0.05, 0.1) is 17.1 Å². The van der Waals surface area contributed by atoms with Gasteiger partial charge in [-0.05, 0) is 37.0 Å². The maximum absolute atomic E-state index is 12.9. The van der Waals surface area contributed by atoms with Crippen molar-refractivity contribution in [2.24, 2.45) is 5.92 Å². The molecular formula is C22H22N4O2S. The van der Waals surface area contributed by atoms with Crippen LogP contribution in [0.2, 0.25) is 0 Å². The third-order valence-electron chi connectivity index (χ3n) is 5.90. The van der Waals surface area contributed by atoms with Crippen LogP contribution in [0.1, 0.15) is 28.7 Å². The van der Waals surface area contributed by atoms with Gasteiger partial charge in [0.25, 0.3) is 5.56 Å². The molecule has 0 radical (unpaired) electrons. The Morgan fingerprint density at radius 1 is 1.24 bits per heavy atom. The van der Waals surface area contributed by atoms with E-state index in [1.807, 2.05) is 33.9 Å². The van der Waals surface area contributed by atoms with Crippen molar-refractivity contribution in [3.05, 3.63) is 68.8 Å². The highest BCUT2D eigenvalue weighted by molar-refractivity contribution is 7.09. The molecule has 1 fully saturated rings. The molecule has 0 aromatic carbocycles. The van der Waals surface area contributed by atoms with E-state index in [-0.39, 0.29) is 17.4 Å². The smallest absolute Gasteiger partial charge is 0.251 e. The summed E-state index contributed by atoms with van der Waals surface area (Å²) in [6.07, 6.45) is 4.89. The van der Waals surface area contributed by atoms with Crippen molar-refractivity contribution >= 4 is 17.2 Å². The molecule has 5 heterocycles. The topological polar surface area (TPSA) is 68.1 Å². The van der Waals surface area contributed by atoms with Gasteiger partial charge >= 0.3 is 0 Å². The molecule has 7 heteroatoms.